The van der Waals surface area contributed by atoms with Crippen molar-refractivity contribution in [3.63, 3.8) is 0 Å². The van der Waals surface area contributed by atoms with Gasteiger partial charge in [0.1, 0.15) is 12.4 Å². The number of nitrogens with one attached hydrogen (secondary N) is 3. The van der Waals surface area contributed by atoms with Crippen LogP contribution < -0.4 is 16.4 Å². The van der Waals surface area contributed by atoms with E-state index in [1.807, 2.05) is 0 Å². The largest absolute Gasteiger partial charge is 0.465 e. The van der Waals surface area contributed by atoms with Crippen LogP contribution in [-0.4, -0.2) is 31.0 Å². The van der Waals surface area contributed by atoms with Gasteiger partial charge in [0.05, 0.1) is 6.61 Å². The van der Waals surface area contributed by atoms with E-state index in [-0.39, 0.29) is 19.0 Å². The summed E-state index contributed by atoms with van der Waals surface area (Å²) in [6, 6.07) is 5.94. The predicted octanol–water partition coefficient (Wildman–Crippen LogP) is 0.655. The van der Waals surface area contributed by atoms with E-state index in [0.29, 0.717) is 11.3 Å². The molecule has 0 aliphatic carbocycles. The zero-order chi connectivity index (χ0) is 14.3. The monoisotopic (exact) mass is 264 g/mol. The van der Waals surface area contributed by atoms with Gasteiger partial charge in [0, 0.05) is 11.3 Å². The highest BCUT2D eigenvalue weighted by atomic mass is 16.5. The van der Waals surface area contributed by atoms with Gasteiger partial charge in [-0.05, 0) is 31.2 Å². The van der Waals surface area contributed by atoms with E-state index in [4.69, 9.17) is 11.1 Å². The van der Waals surface area contributed by atoms with Crippen molar-refractivity contribution in [1.29, 1.82) is 5.41 Å². The average Bonchev–Trinajstić information content (AvgIpc) is 2.37. The summed E-state index contributed by atoms with van der Waals surface area (Å²) in [6.07, 6.45) is 0. The number of nitrogen functional groups attached to an aromatic ring is 1. The lowest BCUT2D eigenvalue weighted by Gasteiger charge is -2.07. The zero-order valence-electron chi connectivity index (χ0n) is 10.5. The molecule has 0 saturated carbocycles. The molecule has 1 rings (SSSR count). The first-order valence-electron chi connectivity index (χ1n) is 5.68. The van der Waals surface area contributed by atoms with Gasteiger partial charge < -0.3 is 21.1 Å². The van der Waals surface area contributed by atoms with Gasteiger partial charge >= 0.3 is 12.0 Å². The topological polar surface area (TPSA) is 117 Å². The fraction of sp³-hybridized carbons (Fsp3) is 0.250. The van der Waals surface area contributed by atoms with Crippen molar-refractivity contribution >= 4 is 23.5 Å². The van der Waals surface area contributed by atoms with E-state index in [1.54, 1.807) is 31.2 Å². The molecule has 0 unspecified atom stereocenters. The van der Waals surface area contributed by atoms with E-state index in [0.717, 1.165) is 0 Å². The standard InChI is InChI=1S/C12H16N4O3/c1-2-19-10(17)7-15-12(18)16-9-5-3-8(4-6-9)11(13)14/h3-6H,2,7H2,1H3,(H3,13,14)(H2,15,16,18). The van der Waals surface area contributed by atoms with Crippen molar-refractivity contribution in [2.75, 3.05) is 18.5 Å². The zero-order valence-corrected chi connectivity index (χ0v) is 10.5. The Kier molecular flexibility index (Phi) is 5.34. The molecule has 0 aromatic heterocycles. The fourth-order valence-corrected chi connectivity index (χ4v) is 1.27. The lowest BCUT2D eigenvalue weighted by molar-refractivity contribution is -0.141. The summed E-state index contributed by atoms with van der Waals surface area (Å²) in [5.74, 6) is -0.539. The third-order valence-electron chi connectivity index (χ3n) is 2.15. The summed E-state index contributed by atoms with van der Waals surface area (Å²) in [4.78, 5) is 22.5. The van der Waals surface area contributed by atoms with Crippen molar-refractivity contribution in [2.24, 2.45) is 5.73 Å². The van der Waals surface area contributed by atoms with Crippen LogP contribution in [0.1, 0.15) is 12.5 Å². The number of amidine groups is 1. The summed E-state index contributed by atoms with van der Waals surface area (Å²) >= 11 is 0. The summed E-state index contributed by atoms with van der Waals surface area (Å²) < 4.78 is 4.67. The molecule has 7 nitrogen and oxygen atoms in total. The van der Waals surface area contributed by atoms with Gasteiger partial charge in [-0.2, -0.15) is 0 Å². The number of benzene rings is 1. The highest BCUT2D eigenvalue weighted by Gasteiger charge is 2.06. The Bertz CT molecular complexity index is 470. The van der Waals surface area contributed by atoms with Gasteiger partial charge in [-0.15, -0.1) is 0 Å². The maximum absolute atomic E-state index is 11.4. The van der Waals surface area contributed by atoms with E-state index in [2.05, 4.69) is 15.4 Å². The molecule has 0 bridgehead atoms. The van der Waals surface area contributed by atoms with E-state index in [1.165, 1.54) is 0 Å². The van der Waals surface area contributed by atoms with Crippen molar-refractivity contribution in [3.05, 3.63) is 29.8 Å². The maximum Gasteiger partial charge on any atom is 0.325 e. The van der Waals surface area contributed by atoms with Crippen LogP contribution in [0.15, 0.2) is 24.3 Å². The van der Waals surface area contributed by atoms with Gasteiger partial charge in [-0.1, -0.05) is 0 Å². The Morgan fingerprint density at radius 2 is 1.95 bits per heavy atom. The Hall–Kier alpha value is -2.57. The number of hydrogen-bond acceptors (Lipinski definition) is 4. The molecule has 0 atom stereocenters. The molecule has 0 spiro atoms. The van der Waals surface area contributed by atoms with Crippen LogP contribution in [0.2, 0.25) is 0 Å². The van der Waals surface area contributed by atoms with Crippen molar-refractivity contribution in [1.82, 2.24) is 5.32 Å². The molecule has 0 heterocycles. The predicted molar refractivity (Wildman–Crippen MR) is 71.1 cm³/mol. The molecule has 0 radical (unpaired) electrons. The van der Waals surface area contributed by atoms with Crippen LogP contribution in [0.25, 0.3) is 0 Å². The van der Waals surface area contributed by atoms with Gasteiger partial charge in [0.25, 0.3) is 0 Å². The minimum Gasteiger partial charge on any atom is -0.465 e. The quantitative estimate of drug-likeness (QED) is 0.355. The average molecular weight is 264 g/mol. The molecule has 2 amide bonds. The fourth-order valence-electron chi connectivity index (χ4n) is 1.27. The van der Waals surface area contributed by atoms with E-state index in [9.17, 15) is 9.59 Å². The SMILES string of the molecule is CCOC(=O)CNC(=O)Nc1ccc(C(=N)N)cc1. The van der Waals surface area contributed by atoms with Crippen molar-refractivity contribution in [2.45, 2.75) is 6.92 Å². The molecule has 1 aromatic rings. The number of ether oxygens (including phenoxy) is 1. The molecule has 0 fully saturated rings. The number of amides is 2. The smallest absolute Gasteiger partial charge is 0.325 e. The number of urea groups is 1. The molecule has 7 heteroatoms. The normalized spacial score (nSPS) is 9.53. The first kappa shape index (κ1) is 14.5. The van der Waals surface area contributed by atoms with E-state index < -0.39 is 12.0 Å². The van der Waals surface area contributed by atoms with Gasteiger partial charge in [-0.25, -0.2) is 4.79 Å². The Morgan fingerprint density at radius 3 is 2.47 bits per heavy atom. The molecular formula is C12H16N4O3. The molecule has 0 aliphatic rings. The first-order chi connectivity index (χ1) is 9.02. The number of hydrogen-bond donors (Lipinski definition) is 4. The molecule has 19 heavy (non-hydrogen) atoms. The Labute approximate surface area is 110 Å². The molecule has 0 aliphatic heterocycles. The number of carbonyl (C=O) groups excluding carboxylic acids is 2. The number of rotatable bonds is 5. The number of nitrogens with two attached hydrogens (primary N) is 1. The third-order valence-corrected chi connectivity index (χ3v) is 2.15. The van der Waals surface area contributed by atoms with E-state index >= 15 is 0 Å². The number of esters is 1. The van der Waals surface area contributed by atoms with Gasteiger partial charge in [0.15, 0.2) is 0 Å². The Morgan fingerprint density at radius 1 is 1.32 bits per heavy atom. The second kappa shape index (κ2) is 7.00. The summed E-state index contributed by atoms with van der Waals surface area (Å²) in [7, 11) is 0. The molecule has 5 N–H and O–H groups in total. The molecule has 1 aromatic carbocycles. The first-order valence-corrected chi connectivity index (χ1v) is 5.68. The number of carbonyl (C=O) groups is 2. The lowest BCUT2D eigenvalue weighted by atomic mass is 10.2. The summed E-state index contributed by atoms with van der Waals surface area (Å²) in [5.41, 5.74) is 6.41. The highest BCUT2D eigenvalue weighted by Crippen LogP contribution is 2.08. The second-order valence-electron chi connectivity index (χ2n) is 3.60. The number of anilines is 1. The Balaban J connectivity index is 2.44. The van der Waals surface area contributed by atoms with Crippen molar-refractivity contribution in [3.8, 4) is 0 Å². The van der Waals surface area contributed by atoms with Gasteiger partial charge in [-0.3, -0.25) is 10.2 Å². The van der Waals surface area contributed by atoms with Gasteiger partial charge in [0.2, 0.25) is 0 Å². The third kappa shape index (κ3) is 5.07. The van der Waals surface area contributed by atoms with Crippen molar-refractivity contribution < 1.29 is 14.3 Å². The lowest BCUT2D eigenvalue weighted by Crippen LogP contribution is -2.34. The van der Waals surface area contributed by atoms with Crippen LogP contribution in [-0.2, 0) is 9.53 Å². The highest BCUT2D eigenvalue weighted by molar-refractivity contribution is 5.96. The molecular weight excluding hydrogens is 248 g/mol. The summed E-state index contributed by atoms with van der Waals surface area (Å²) in [5, 5.41) is 12.1. The van der Waals surface area contributed by atoms with Crippen LogP contribution in [0.3, 0.4) is 0 Å². The second-order valence-corrected chi connectivity index (χ2v) is 3.60. The van der Waals surface area contributed by atoms with Crippen LogP contribution >= 0.6 is 0 Å². The molecule has 102 valence electrons. The minimum atomic E-state index is -0.511. The minimum absolute atomic E-state index is 0.0432. The maximum atomic E-state index is 11.4. The molecule has 0 saturated heterocycles. The summed E-state index contributed by atoms with van der Waals surface area (Å²) in [6.45, 7) is 1.77. The van der Waals surface area contributed by atoms with Crippen LogP contribution in [0, 0.1) is 5.41 Å². The van der Waals surface area contributed by atoms with Crippen LogP contribution in [0.5, 0.6) is 0 Å². The van der Waals surface area contributed by atoms with Crippen LogP contribution in [0.4, 0.5) is 10.5 Å².